The van der Waals surface area contributed by atoms with Crippen molar-refractivity contribution in [3.8, 4) is 0 Å². The van der Waals surface area contributed by atoms with E-state index in [1.807, 2.05) is 26.0 Å². The van der Waals surface area contributed by atoms with Gasteiger partial charge in [0.05, 0.1) is 10.6 Å². The van der Waals surface area contributed by atoms with Crippen molar-refractivity contribution in [2.24, 2.45) is 0 Å². The number of hydrogen-bond donors (Lipinski definition) is 1. The summed E-state index contributed by atoms with van der Waals surface area (Å²) < 4.78 is 28.7. The lowest BCUT2D eigenvalue weighted by Crippen LogP contribution is -2.51. The first-order valence-electron chi connectivity index (χ1n) is 12.5. The Bertz CT molecular complexity index is 1350. The van der Waals surface area contributed by atoms with Crippen molar-refractivity contribution >= 4 is 39.1 Å². The molecule has 1 N–H and O–H groups in total. The topological polar surface area (TPSA) is 86.8 Å². The average Bonchev–Trinajstić information content (AvgIpc) is 2.90. The zero-order chi connectivity index (χ0) is 27.9. The second-order valence-corrected chi connectivity index (χ2v) is 11.6. The van der Waals surface area contributed by atoms with Gasteiger partial charge in [-0.3, -0.25) is 13.9 Å². The van der Waals surface area contributed by atoms with Gasteiger partial charge in [-0.25, -0.2) is 8.42 Å². The van der Waals surface area contributed by atoms with Crippen LogP contribution in [0.1, 0.15) is 44.7 Å². The van der Waals surface area contributed by atoms with Gasteiger partial charge in [-0.2, -0.15) is 0 Å². The van der Waals surface area contributed by atoms with Crippen molar-refractivity contribution in [3.63, 3.8) is 0 Å². The van der Waals surface area contributed by atoms with Gasteiger partial charge in [0.15, 0.2) is 0 Å². The molecule has 9 heteroatoms. The number of hydrogen-bond acceptors (Lipinski definition) is 4. The Hall–Kier alpha value is -3.36. The van der Waals surface area contributed by atoms with Gasteiger partial charge in [-0.05, 0) is 67.3 Å². The molecule has 0 aromatic heterocycles. The maximum atomic E-state index is 13.8. The lowest BCUT2D eigenvalue weighted by atomic mass is 10.0. The Morgan fingerprint density at radius 2 is 1.58 bits per heavy atom. The molecule has 0 saturated heterocycles. The lowest BCUT2D eigenvalue weighted by molar-refractivity contribution is -0.139. The first kappa shape index (κ1) is 29.2. The summed E-state index contributed by atoms with van der Waals surface area (Å²) >= 11 is 6.16. The molecule has 0 aliphatic carbocycles. The molecule has 0 fully saturated rings. The number of amides is 2. The van der Waals surface area contributed by atoms with Gasteiger partial charge < -0.3 is 10.2 Å². The third-order valence-corrected chi connectivity index (χ3v) is 8.24. The highest BCUT2D eigenvalue weighted by Crippen LogP contribution is 2.26. The van der Waals surface area contributed by atoms with E-state index in [2.05, 4.69) is 5.32 Å². The Kier molecular flexibility index (Phi) is 9.94. The zero-order valence-corrected chi connectivity index (χ0v) is 23.7. The van der Waals surface area contributed by atoms with Gasteiger partial charge in [0, 0.05) is 18.1 Å². The van der Waals surface area contributed by atoms with Crippen LogP contribution in [0, 0.1) is 0 Å². The minimum atomic E-state index is -4.09. The summed E-state index contributed by atoms with van der Waals surface area (Å²) in [5.41, 5.74) is 2.13. The third-order valence-electron chi connectivity index (χ3n) is 6.22. The number of carbonyl (C=O) groups excluding carboxylic acids is 2. The molecule has 2 amide bonds. The van der Waals surface area contributed by atoms with Crippen LogP contribution in [0.3, 0.4) is 0 Å². The van der Waals surface area contributed by atoms with Crippen molar-refractivity contribution < 1.29 is 18.0 Å². The van der Waals surface area contributed by atoms with Crippen molar-refractivity contribution in [1.82, 2.24) is 10.2 Å². The molecule has 3 rings (SSSR count). The number of halogens is 1. The molecule has 1 atom stereocenters. The summed E-state index contributed by atoms with van der Waals surface area (Å²) in [6, 6.07) is 21.3. The fourth-order valence-electron chi connectivity index (χ4n) is 4.01. The standard InChI is InChI=1S/C29H34ClN3O4S/c1-5-31-29(35)22(4)32(19-23-10-9-11-25(30)18-23)28(34)20-33(26-16-14-24(15-17-26)21(2)3)38(36,37)27-12-7-6-8-13-27/h6-18,21-22H,5,19-20H2,1-4H3,(H,31,35). The van der Waals surface area contributed by atoms with Gasteiger partial charge in [-0.15, -0.1) is 0 Å². The molecular formula is C29H34ClN3O4S. The average molecular weight is 556 g/mol. The van der Waals surface area contributed by atoms with Crippen molar-refractivity contribution in [3.05, 3.63) is 95.0 Å². The Morgan fingerprint density at radius 1 is 0.921 bits per heavy atom. The SMILES string of the molecule is CCNC(=O)C(C)N(Cc1cccc(Cl)c1)C(=O)CN(c1ccc(C(C)C)cc1)S(=O)(=O)c1ccccc1. The molecule has 202 valence electrons. The number of sulfonamides is 1. The van der Waals surface area contributed by atoms with E-state index in [-0.39, 0.29) is 23.3 Å². The normalized spacial score (nSPS) is 12.2. The zero-order valence-electron chi connectivity index (χ0n) is 22.1. The number of likely N-dealkylation sites (N-methyl/N-ethyl adjacent to an activating group) is 1. The number of nitrogens with zero attached hydrogens (tertiary/aromatic N) is 2. The number of anilines is 1. The van der Waals surface area contributed by atoms with E-state index in [0.29, 0.717) is 17.3 Å². The molecule has 0 heterocycles. The van der Waals surface area contributed by atoms with Crippen LogP contribution in [-0.2, 0) is 26.2 Å². The summed E-state index contributed by atoms with van der Waals surface area (Å²) in [7, 11) is -4.09. The van der Waals surface area contributed by atoms with Crippen LogP contribution in [0.15, 0.2) is 83.8 Å². The largest absolute Gasteiger partial charge is 0.355 e. The highest BCUT2D eigenvalue weighted by molar-refractivity contribution is 7.92. The molecular weight excluding hydrogens is 522 g/mol. The van der Waals surface area contributed by atoms with Crippen LogP contribution >= 0.6 is 11.6 Å². The van der Waals surface area contributed by atoms with Crippen LogP contribution < -0.4 is 9.62 Å². The molecule has 3 aromatic carbocycles. The minimum absolute atomic E-state index is 0.0684. The van der Waals surface area contributed by atoms with Crippen LogP contribution in [-0.4, -0.2) is 44.3 Å². The van der Waals surface area contributed by atoms with Crippen molar-refractivity contribution in [2.45, 2.75) is 51.1 Å². The molecule has 0 spiro atoms. The Morgan fingerprint density at radius 3 is 2.16 bits per heavy atom. The molecule has 1 unspecified atom stereocenters. The van der Waals surface area contributed by atoms with E-state index in [0.717, 1.165) is 15.4 Å². The predicted octanol–water partition coefficient (Wildman–Crippen LogP) is 5.21. The summed E-state index contributed by atoms with van der Waals surface area (Å²) in [5, 5.41) is 3.24. The van der Waals surface area contributed by atoms with E-state index < -0.39 is 28.5 Å². The Balaban J connectivity index is 2.03. The van der Waals surface area contributed by atoms with Gasteiger partial charge in [0.1, 0.15) is 12.6 Å². The van der Waals surface area contributed by atoms with Crippen LogP contribution in [0.5, 0.6) is 0 Å². The second-order valence-electron chi connectivity index (χ2n) is 9.29. The molecule has 3 aromatic rings. The fourth-order valence-corrected chi connectivity index (χ4v) is 5.66. The van der Waals surface area contributed by atoms with E-state index in [1.165, 1.54) is 17.0 Å². The van der Waals surface area contributed by atoms with E-state index >= 15 is 0 Å². The fraction of sp³-hybridized carbons (Fsp3) is 0.310. The smallest absolute Gasteiger partial charge is 0.264 e. The summed E-state index contributed by atoms with van der Waals surface area (Å²) in [5.74, 6) is -0.589. The monoisotopic (exact) mass is 555 g/mol. The number of nitrogens with one attached hydrogen (secondary N) is 1. The molecule has 0 saturated carbocycles. The van der Waals surface area contributed by atoms with Crippen LogP contribution in [0.4, 0.5) is 5.69 Å². The number of carbonyl (C=O) groups is 2. The summed E-state index contributed by atoms with van der Waals surface area (Å²) in [6.07, 6.45) is 0. The second kappa shape index (κ2) is 12.9. The van der Waals surface area contributed by atoms with Crippen LogP contribution in [0.25, 0.3) is 0 Å². The molecule has 38 heavy (non-hydrogen) atoms. The number of benzene rings is 3. The summed E-state index contributed by atoms with van der Waals surface area (Å²) in [4.78, 5) is 28.0. The predicted molar refractivity (Wildman–Crippen MR) is 152 cm³/mol. The molecule has 0 aliphatic rings. The number of rotatable bonds is 11. The minimum Gasteiger partial charge on any atom is -0.355 e. The first-order chi connectivity index (χ1) is 18.0. The van der Waals surface area contributed by atoms with Crippen molar-refractivity contribution in [2.75, 3.05) is 17.4 Å². The molecule has 7 nitrogen and oxygen atoms in total. The van der Waals surface area contributed by atoms with E-state index in [4.69, 9.17) is 11.6 Å². The molecule has 0 aliphatic heterocycles. The van der Waals surface area contributed by atoms with E-state index in [9.17, 15) is 18.0 Å². The lowest BCUT2D eigenvalue weighted by Gasteiger charge is -2.32. The Labute approximate surface area is 230 Å². The van der Waals surface area contributed by atoms with Crippen LogP contribution in [0.2, 0.25) is 5.02 Å². The third kappa shape index (κ3) is 7.14. The van der Waals surface area contributed by atoms with Gasteiger partial charge >= 0.3 is 0 Å². The maximum Gasteiger partial charge on any atom is 0.264 e. The molecule has 0 radical (unpaired) electrons. The first-order valence-corrected chi connectivity index (χ1v) is 14.4. The van der Waals surface area contributed by atoms with Crippen molar-refractivity contribution in [1.29, 1.82) is 0 Å². The van der Waals surface area contributed by atoms with Gasteiger partial charge in [0.2, 0.25) is 11.8 Å². The summed E-state index contributed by atoms with van der Waals surface area (Å²) in [6.45, 7) is 7.52. The van der Waals surface area contributed by atoms with Gasteiger partial charge in [-0.1, -0.05) is 67.9 Å². The highest BCUT2D eigenvalue weighted by Gasteiger charge is 2.32. The van der Waals surface area contributed by atoms with E-state index in [1.54, 1.807) is 68.4 Å². The highest BCUT2D eigenvalue weighted by atomic mass is 35.5. The maximum absolute atomic E-state index is 13.8. The molecule has 0 bridgehead atoms. The van der Waals surface area contributed by atoms with Gasteiger partial charge in [0.25, 0.3) is 10.0 Å². The quantitative estimate of drug-likeness (QED) is 0.352.